The van der Waals surface area contributed by atoms with Gasteiger partial charge in [-0.2, -0.15) is 0 Å². The van der Waals surface area contributed by atoms with Crippen LogP contribution in [0.5, 0.6) is 0 Å². The molecule has 0 atom stereocenters. The lowest BCUT2D eigenvalue weighted by Gasteiger charge is -2.33. The van der Waals surface area contributed by atoms with Crippen molar-refractivity contribution in [2.75, 3.05) is 0 Å². The van der Waals surface area contributed by atoms with E-state index in [1.54, 1.807) is 22.7 Å². The molecule has 1 saturated carbocycles. The normalized spacial score (nSPS) is 17.5. The number of carbonyl (C=O) groups excluding carboxylic acids is 1. The maximum Gasteiger partial charge on any atom is 0.329 e. The molecule has 0 radical (unpaired) electrons. The molecule has 0 saturated heterocycles. The Morgan fingerprint density at radius 2 is 2.00 bits per heavy atom. The molecule has 0 bridgehead atoms. The van der Waals surface area contributed by atoms with Gasteiger partial charge in [0.05, 0.1) is 5.56 Å². The van der Waals surface area contributed by atoms with E-state index in [2.05, 4.69) is 15.5 Å². The van der Waals surface area contributed by atoms with E-state index >= 15 is 0 Å². The highest BCUT2D eigenvalue weighted by molar-refractivity contribution is 5.97. The number of fused-ring (bicyclic) bond motifs is 1. The lowest BCUT2D eigenvalue weighted by atomic mass is 9.81. The van der Waals surface area contributed by atoms with Crippen molar-refractivity contribution in [1.29, 1.82) is 0 Å². The number of hydrogen-bond acceptors (Lipinski definition) is 4. The largest absolute Gasteiger partial charge is 0.480 e. The second-order valence-corrected chi connectivity index (χ2v) is 5.42. The maximum absolute atomic E-state index is 12.4. The first-order valence-electron chi connectivity index (χ1n) is 6.96. The van der Waals surface area contributed by atoms with Crippen LogP contribution < -0.4 is 5.32 Å². The summed E-state index contributed by atoms with van der Waals surface area (Å²) < 4.78 is 1.63. The third-order valence-electron chi connectivity index (χ3n) is 4.02. The molecule has 7 nitrogen and oxygen atoms in total. The van der Waals surface area contributed by atoms with Crippen molar-refractivity contribution in [3.8, 4) is 0 Å². The van der Waals surface area contributed by atoms with E-state index in [1.807, 2.05) is 0 Å². The number of nitrogens with one attached hydrogen (secondary N) is 1. The minimum atomic E-state index is -1.14. The molecule has 0 aliphatic heterocycles. The quantitative estimate of drug-likeness (QED) is 0.886. The molecule has 1 amide bonds. The van der Waals surface area contributed by atoms with Crippen molar-refractivity contribution in [1.82, 2.24) is 19.9 Å². The highest BCUT2D eigenvalue weighted by Crippen LogP contribution is 2.28. The Bertz CT molecular complexity index is 688. The molecule has 2 aromatic heterocycles. The average molecular weight is 288 g/mol. The Morgan fingerprint density at radius 1 is 1.24 bits per heavy atom. The molecule has 3 rings (SSSR count). The Balaban J connectivity index is 1.85. The Morgan fingerprint density at radius 3 is 2.71 bits per heavy atom. The van der Waals surface area contributed by atoms with Crippen molar-refractivity contribution >= 4 is 17.5 Å². The van der Waals surface area contributed by atoms with Gasteiger partial charge in [0.2, 0.25) is 0 Å². The summed E-state index contributed by atoms with van der Waals surface area (Å²) in [6, 6.07) is 3.30. The number of nitrogens with zero attached hydrogens (tertiary/aromatic N) is 3. The van der Waals surface area contributed by atoms with Crippen molar-refractivity contribution in [2.24, 2.45) is 0 Å². The Labute approximate surface area is 121 Å². The fraction of sp³-hybridized carbons (Fsp3) is 0.429. The summed E-state index contributed by atoms with van der Waals surface area (Å²) in [4.78, 5) is 23.9. The van der Waals surface area contributed by atoms with Crippen LogP contribution >= 0.6 is 0 Å². The summed E-state index contributed by atoms with van der Waals surface area (Å²) in [5.41, 5.74) is -0.108. The summed E-state index contributed by atoms with van der Waals surface area (Å²) in [7, 11) is 0. The summed E-state index contributed by atoms with van der Waals surface area (Å²) >= 11 is 0. The number of aliphatic carboxylic acids is 1. The van der Waals surface area contributed by atoms with Gasteiger partial charge in [-0.1, -0.05) is 19.3 Å². The third kappa shape index (κ3) is 2.46. The number of aromatic nitrogens is 3. The lowest BCUT2D eigenvalue weighted by molar-refractivity contribution is -0.145. The predicted molar refractivity (Wildman–Crippen MR) is 73.9 cm³/mol. The Kier molecular flexibility index (Phi) is 3.32. The first-order chi connectivity index (χ1) is 10.1. The minimum absolute atomic E-state index is 0.380. The second-order valence-electron chi connectivity index (χ2n) is 5.42. The molecule has 1 aliphatic rings. The van der Waals surface area contributed by atoms with Crippen molar-refractivity contribution in [3.63, 3.8) is 0 Å². The van der Waals surface area contributed by atoms with Crippen LogP contribution in [0.4, 0.5) is 0 Å². The number of rotatable bonds is 3. The topological polar surface area (TPSA) is 96.6 Å². The van der Waals surface area contributed by atoms with Gasteiger partial charge in [0.25, 0.3) is 5.91 Å². The number of carboxylic acid groups (broad SMARTS) is 1. The maximum atomic E-state index is 12.4. The van der Waals surface area contributed by atoms with E-state index in [9.17, 15) is 14.7 Å². The van der Waals surface area contributed by atoms with Crippen LogP contribution in [0.3, 0.4) is 0 Å². The molecule has 2 N–H and O–H groups in total. The second kappa shape index (κ2) is 5.16. The first kappa shape index (κ1) is 13.5. The molecular weight excluding hydrogens is 272 g/mol. The van der Waals surface area contributed by atoms with Crippen molar-refractivity contribution < 1.29 is 14.7 Å². The van der Waals surface area contributed by atoms with Gasteiger partial charge >= 0.3 is 5.97 Å². The summed E-state index contributed by atoms with van der Waals surface area (Å²) in [5.74, 6) is -1.34. The zero-order valence-electron chi connectivity index (χ0n) is 11.5. The zero-order valence-corrected chi connectivity index (χ0v) is 11.5. The van der Waals surface area contributed by atoms with E-state index in [4.69, 9.17) is 0 Å². The SMILES string of the molecule is O=C(NC1(C(=O)O)CCCCC1)c1ccc2nncn2c1. The van der Waals surface area contributed by atoms with Gasteiger partial charge in [0.1, 0.15) is 11.9 Å². The number of carboxylic acids is 1. The molecule has 1 aliphatic carbocycles. The van der Waals surface area contributed by atoms with Crippen LogP contribution in [0.25, 0.3) is 5.65 Å². The molecule has 7 heteroatoms. The molecule has 110 valence electrons. The van der Waals surface area contributed by atoms with E-state index in [0.717, 1.165) is 19.3 Å². The molecule has 2 heterocycles. The minimum Gasteiger partial charge on any atom is -0.480 e. The van der Waals surface area contributed by atoms with E-state index in [1.165, 1.54) is 6.33 Å². The molecule has 2 aromatic rings. The fourth-order valence-corrected chi connectivity index (χ4v) is 2.80. The lowest BCUT2D eigenvalue weighted by Crippen LogP contribution is -2.55. The number of hydrogen-bond donors (Lipinski definition) is 2. The molecular formula is C14H16N4O3. The standard InChI is InChI=1S/C14H16N4O3/c19-12(10-4-5-11-17-15-9-18(11)8-10)16-14(13(20)21)6-2-1-3-7-14/h4-5,8-9H,1-3,6-7H2,(H,16,19)(H,20,21). The fourth-order valence-electron chi connectivity index (χ4n) is 2.80. The van der Waals surface area contributed by atoms with E-state index in [0.29, 0.717) is 24.1 Å². The third-order valence-corrected chi connectivity index (χ3v) is 4.02. The summed E-state index contributed by atoms with van der Waals surface area (Å²) in [6.45, 7) is 0. The van der Waals surface area contributed by atoms with Crippen molar-refractivity contribution in [2.45, 2.75) is 37.6 Å². The van der Waals surface area contributed by atoms with Gasteiger partial charge in [-0.05, 0) is 25.0 Å². The Hall–Kier alpha value is -2.44. The van der Waals surface area contributed by atoms with Crippen LogP contribution in [0, 0.1) is 0 Å². The molecule has 0 aromatic carbocycles. The molecule has 0 unspecified atom stereocenters. The summed E-state index contributed by atoms with van der Waals surface area (Å²) in [5, 5.41) is 19.8. The van der Waals surface area contributed by atoms with Gasteiger partial charge in [0, 0.05) is 6.20 Å². The molecule has 0 spiro atoms. The summed E-state index contributed by atoms with van der Waals surface area (Å²) in [6.07, 6.45) is 6.69. The van der Waals surface area contributed by atoms with Crippen LogP contribution in [0.15, 0.2) is 24.7 Å². The van der Waals surface area contributed by atoms with Gasteiger partial charge in [-0.25, -0.2) is 4.79 Å². The highest BCUT2D eigenvalue weighted by atomic mass is 16.4. The van der Waals surface area contributed by atoms with Gasteiger partial charge < -0.3 is 10.4 Å². The van der Waals surface area contributed by atoms with Crippen LogP contribution in [0.2, 0.25) is 0 Å². The van der Waals surface area contributed by atoms with Gasteiger partial charge in [-0.15, -0.1) is 10.2 Å². The number of carbonyl (C=O) groups is 2. The van der Waals surface area contributed by atoms with E-state index in [-0.39, 0.29) is 5.91 Å². The monoisotopic (exact) mass is 288 g/mol. The molecule has 1 fully saturated rings. The predicted octanol–water partition coefficient (Wildman–Crippen LogP) is 1.25. The zero-order chi connectivity index (χ0) is 14.9. The number of amides is 1. The average Bonchev–Trinajstić information content (AvgIpc) is 2.95. The van der Waals surface area contributed by atoms with Crippen LogP contribution in [-0.2, 0) is 4.79 Å². The smallest absolute Gasteiger partial charge is 0.329 e. The van der Waals surface area contributed by atoms with Crippen LogP contribution in [0.1, 0.15) is 42.5 Å². The highest BCUT2D eigenvalue weighted by Gasteiger charge is 2.41. The van der Waals surface area contributed by atoms with E-state index < -0.39 is 11.5 Å². The van der Waals surface area contributed by atoms with Gasteiger partial charge in [-0.3, -0.25) is 9.20 Å². The van der Waals surface area contributed by atoms with Crippen LogP contribution in [-0.4, -0.2) is 37.1 Å². The number of pyridine rings is 1. The molecule has 21 heavy (non-hydrogen) atoms. The first-order valence-corrected chi connectivity index (χ1v) is 6.96. The van der Waals surface area contributed by atoms with Crippen molar-refractivity contribution in [3.05, 3.63) is 30.2 Å². The van der Waals surface area contributed by atoms with Gasteiger partial charge in [0.15, 0.2) is 5.65 Å².